The molecule has 0 aromatic heterocycles. The van der Waals surface area contributed by atoms with Crippen LogP contribution in [0, 0.1) is 11.3 Å². The van der Waals surface area contributed by atoms with E-state index in [1.807, 2.05) is 4.90 Å². The fourth-order valence-corrected chi connectivity index (χ4v) is 3.46. The van der Waals surface area contributed by atoms with Crippen molar-refractivity contribution in [3.05, 3.63) is 0 Å². The minimum atomic E-state index is 0.138. The van der Waals surface area contributed by atoms with Crippen LogP contribution in [0.15, 0.2) is 0 Å². The van der Waals surface area contributed by atoms with E-state index >= 15 is 0 Å². The fourth-order valence-electron chi connectivity index (χ4n) is 3.46. The summed E-state index contributed by atoms with van der Waals surface area (Å²) in [6, 6.07) is 0. The number of carbonyl (C=O) groups is 1. The summed E-state index contributed by atoms with van der Waals surface area (Å²) in [7, 11) is 0. The van der Waals surface area contributed by atoms with E-state index < -0.39 is 0 Å². The number of hydrogen-bond donors (Lipinski definition) is 1. The molecule has 3 rings (SSSR count). The lowest BCUT2D eigenvalue weighted by atomic mass is 9.71. The van der Waals surface area contributed by atoms with E-state index in [0.717, 1.165) is 52.2 Å². The van der Waals surface area contributed by atoms with Crippen LogP contribution in [0.2, 0.25) is 0 Å². The van der Waals surface area contributed by atoms with Gasteiger partial charge in [-0.1, -0.05) is 0 Å². The molecule has 0 aliphatic carbocycles. The molecular formula is C13H22N2O3. The third-order valence-electron chi connectivity index (χ3n) is 4.67. The van der Waals surface area contributed by atoms with Crippen LogP contribution >= 0.6 is 0 Å². The van der Waals surface area contributed by atoms with Crippen molar-refractivity contribution >= 4 is 5.91 Å². The minimum absolute atomic E-state index is 0.138. The number of hydrogen-bond acceptors (Lipinski definition) is 4. The van der Waals surface area contributed by atoms with Gasteiger partial charge in [-0.2, -0.15) is 0 Å². The fraction of sp³-hybridized carbons (Fsp3) is 0.923. The molecule has 3 heterocycles. The van der Waals surface area contributed by atoms with E-state index in [-0.39, 0.29) is 11.3 Å². The molecule has 0 radical (unpaired) electrons. The van der Waals surface area contributed by atoms with Gasteiger partial charge in [0.25, 0.3) is 0 Å². The highest BCUT2D eigenvalue weighted by molar-refractivity contribution is 5.80. The van der Waals surface area contributed by atoms with Crippen molar-refractivity contribution in [1.29, 1.82) is 0 Å². The Morgan fingerprint density at radius 1 is 1.11 bits per heavy atom. The number of rotatable bonds is 1. The van der Waals surface area contributed by atoms with Crippen molar-refractivity contribution in [2.24, 2.45) is 11.3 Å². The summed E-state index contributed by atoms with van der Waals surface area (Å²) in [6.07, 6.45) is 2.03. The zero-order chi connectivity index (χ0) is 12.4. The maximum Gasteiger partial charge on any atom is 0.227 e. The number of morpholine rings is 1. The van der Waals surface area contributed by atoms with Gasteiger partial charge in [-0.3, -0.25) is 4.79 Å². The van der Waals surface area contributed by atoms with Gasteiger partial charge >= 0.3 is 0 Å². The Bertz CT molecular complexity index is 309. The Hall–Kier alpha value is -0.650. The first-order valence-corrected chi connectivity index (χ1v) is 6.97. The van der Waals surface area contributed by atoms with Crippen LogP contribution in [-0.4, -0.2) is 63.4 Å². The predicted octanol–water partition coefficient (Wildman–Crippen LogP) is -0.139. The summed E-state index contributed by atoms with van der Waals surface area (Å²) in [6.45, 7) is 6.27. The molecule has 3 aliphatic heterocycles. The zero-order valence-electron chi connectivity index (χ0n) is 10.8. The standard InChI is InChI=1S/C13H22N2O3/c16-12(15-3-7-18-8-4-15)11-9-14-10-13(11)1-5-17-6-2-13/h11,14H,1-10H2. The van der Waals surface area contributed by atoms with Crippen molar-refractivity contribution in [3.63, 3.8) is 0 Å². The highest BCUT2D eigenvalue weighted by Crippen LogP contribution is 2.41. The van der Waals surface area contributed by atoms with Crippen molar-refractivity contribution in [3.8, 4) is 0 Å². The van der Waals surface area contributed by atoms with Crippen LogP contribution in [-0.2, 0) is 14.3 Å². The van der Waals surface area contributed by atoms with Gasteiger partial charge in [0, 0.05) is 39.4 Å². The number of ether oxygens (including phenoxy) is 2. The Balaban J connectivity index is 1.71. The van der Waals surface area contributed by atoms with Gasteiger partial charge in [0.15, 0.2) is 0 Å². The number of nitrogens with zero attached hydrogens (tertiary/aromatic N) is 1. The lowest BCUT2D eigenvalue weighted by molar-refractivity contribution is -0.144. The smallest absolute Gasteiger partial charge is 0.227 e. The van der Waals surface area contributed by atoms with E-state index in [1.54, 1.807) is 0 Å². The van der Waals surface area contributed by atoms with Crippen molar-refractivity contribution in [2.45, 2.75) is 12.8 Å². The lowest BCUT2D eigenvalue weighted by Crippen LogP contribution is -2.49. The third-order valence-corrected chi connectivity index (χ3v) is 4.67. The van der Waals surface area contributed by atoms with Gasteiger partial charge in [-0.15, -0.1) is 0 Å². The summed E-state index contributed by atoms with van der Waals surface area (Å²) >= 11 is 0. The Labute approximate surface area is 108 Å². The third kappa shape index (κ3) is 2.15. The first-order chi connectivity index (χ1) is 8.82. The summed E-state index contributed by atoms with van der Waals surface area (Å²) in [5.41, 5.74) is 0.146. The molecule has 18 heavy (non-hydrogen) atoms. The summed E-state index contributed by atoms with van der Waals surface area (Å²) in [5, 5.41) is 3.42. The van der Waals surface area contributed by atoms with E-state index in [9.17, 15) is 4.79 Å². The molecule has 1 spiro atoms. The van der Waals surface area contributed by atoms with Crippen LogP contribution < -0.4 is 5.32 Å². The molecule has 0 saturated carbocycles. The molecule has 0 aromatic carbocycles. The first-order valence-electron chi connectivity index (χ1n) is 6.97. The summed E-state index contributed by atoms with van der Waals surface area (Å²) in [5.74, 6) is 0.463. The Morgan fingerprint density at radius 2 is 1.78 bits per heavy atom. The van der Waals surface area contributed by atoms with Gasteiger partial charge in [0.1, 0.15) is 0 Å². The van der Waals surface area contributed by atoms with E-state index in [4.69, 9.17) is 9.47 Å². The summed E-state index contributed by atoms with van der Waals surface area (Å²) < 4.78 is 10.8. The van der Waals surface area contributed by atoms with Crippen LogP contribution in [0.1, 0.15) is 12.8 Å². The average Bonchev–Trinajstić information content (AvgIpc) is 2.83. The lowest BCUT2D eigenvalue weighted by Gasteiger charge is -2.40. The van der Waals surface area contributed by atoms with Crippen LogP contribution in [0.3, 0.4) is 0 Å². The van der Waals surface area contributed by atoms with E-state index in [1.165, 1.54) is 0 Å². The molecule has 3 saturated heterocycles. The Morgan fingerprint density at radius 3 is 2.50 bits per heavy atom. The van der Waals surface area contributed by atoms with Crippen LogP contribution in [0.4, 0.5) is 0 Å². The molecular weight excluding hydrogens is 232 g/mol. The van der Waals surface area contributed by atoms with Gasteiger partial charge in [-0.25, -0.2) is 0 Å². The van der Waals surface area contributed by atoms with Gasteiger partial charge in [0.2, 0.25) is 5.91 Å². The van der Waals surface area contributed by atoms with Crippen LogP contribution in [0.25, 0.3) is 0 Å². The molecule has 3 fully saturated rings. The molecule has 1 N–H and O–H groups in total. The maximum absolute atomic E-state index is 12.7. The normalized spacial score (nSPS) is 31.8. The first kappa shape index (κ1) is 12.4. The number of nitrogens with one attached hydrogen (secondary N) is 1. The molecule has 1 amide bonds. The minimum Gasteiger partial charge on any atom is -0.381 e. The molecule has 0 aromatic rings. The monoisotopic (exact) mass is 254 g/mol. The zero-order valence-corrected chi connectivity index (χ0v) is 10.8. The maximum atomic E-state index is 12.7. The molecule has 102 valence electrons. The molecule has 5 nitrogen and oxygen atoms in total. The quantitative estimate of drug-likeness (QED) is 0.708. The highest BCUT2D eigenvalue weighted by atomic mass is 16.5. The van der Waals surface area contributed by atoms with Gasteiger partial charge in [0.05, 0.1) is 19.1 Å². The van der Waals surface area contributed by atoms with Crippen molar-refractivity contribution in [1.82, 2.24) is 10.2 Å². The molecule has 1 atom stereocenters. The SMILES string of the molecule is O=C(C1CNCC12CCOCC2)N1CCOCC1. The van der Waals surface area contributed by atoms with Crippen LogP contribution in [0.5, 0.6) is 0 Å². The number of carbonyl (C=O) groups excluding carboxylic acids is 1. The second-order valence-electron chi connectivity index (χ2n) is 5.60. The van der Waals surface area contributed by atoms with E-state index in [0.29, 0.717) is 19.1 Å². The van der Waals surface area contributed by atoms with Crippen molar-refractivity contribution in [2.75, 3.05) is 52.6 Å². The number of amides is 1. The average molecular weight is 254 g/mol. The van der Waals surface area contributed by atoms with Gasteiger partial charge in [-0.05, 0) is 18.3 Å². The van der Waals surface area contributed by atoms with E-state index in [2.05, 4.69) is 5.32 Å². The van der Waals surface area contributed by atoms with Crippen molar-refractivity contribution < 1.29 is 14.3 Å². The predicted molar refractivity (Wildman–Crippen MR) is 66.2 cm³/mol. The molecule has 0 bridgehead atoms. The second-order valence-corrected chi connectivity index (χ2v) is 5.60. The molecule has 1 unspecified atom stereocenters. The molecule has 5 heteroatoms. The summed E-state index contributed by atoms with van der Waals surface area (Å²) in [4.78, 5) is 14.6. The molecule has 3 aliphatic rings. The van der Waals surface area contributed by atoms with Gasteiger partial charge < -0.3 is 19.7 Å². The topological polar surface area (TPSA) is 50.8 Å². The Kier molecular flexibility index (Phi) is 3.54. The highest BCUT2D eigenvalue weighted by Gasteiger charge is 2.48. The largest absolute Gasteiger partial charge is 0.381 e. The second kappa shape index (κ2) is 5.15.